The highest BCUT2D eigenvalue weighted by Crippen LogP contribution is 2.23. The Labute approximate surface area is 221 Å². The number of sulfonamides is 1. The van der Waals surface area contributed by atoms with Crippen LogP contribution in [0.5, 0.6) is 0 Å². The van der Waals surface area contributed by atoms with Gasteiger partial charge in [-0.3, -0.25) is 24.2 Å². The Balaban J connectivity index is 1.17. The summed E-state index contributed by atoms with van der Waals surface area (Å²) in [6, 6.07) is 24.2. The van der Waals surface area contributed by atoms with Crippen LogP contribution >= 0.6 is 0 Å². The fourth-order valence-electron chi connectivity index (χ4n) is 4.40. The van der Waals surface area contributed by atoms with Gasteiger partial charge < -0.3 is 10.2 Å². The lowest BCUT2D eigenvalue weighted by molar-refractivity contribution is -0.117. The third-order valence-corrected chi connectivity index (χ3v) is 7.77. The van der Waals surface area contributed by atoms with Gasteiger partial charge in [0.05, 0.1) is 12.1 Å². The molecule has 1 fully saturated rings. The molecule has 194 valence electrons. The summed E-state index contributed by atoms with van der Waals surface area (Å²) in [6.07, 6.45) is 1.56. The van der Waals surface area contributed by atoms with E-state index in [-0.39, 0.29) is 23.3 Å². The second kappa shape index (κ2) is 11.0. The molecule has 0 bridgehead atoms. The van der Waals surface area contributed by atoms with E-state index in [1.165, 1.54) is 6.07 Å². The number of rotatable bonds is 7. The van der Waals surface area contributed by atoms with Crippen molar-refractivity contribution in [2.75, 3.05) is 42.8 Å². The second-order valence-electron chi connectivity index (χ2n) is 9.00. The number of piperazine rings is 1. The molecule has 0 radical (unpaired) electrons. The van der Waals surface area contributed by atoms with Gasteiger partial charge in [-0.15, -0.1) is 0 Å². The Morgan fingerprint density at radius 2 is 1.50 bits per heavy atom. The standard InChI is InChI=1S/C28H27N5O4S/c34-26(30-23-8-2-1-3-9-23)20-32-16-18-33(19-17-32)28(35)22-11-13-24(14-12-22)31-38(36,37)25-10-4-6-21-7-5-15-29-27(21)25/h1-15,31H,16-20H2,(H,30,34). The molecular weight excluding hydrogens is 502 g/mol. The molecule has 1 aliphatic rings. The first-order valence-corrected chi connectivity index (χ1v) is 13.7. The van der Waals surface area contributed by atoms with Gasteiger partial charge in [0.15, 0.2) is 0 Å². The van der Waals surface area contributed by atoms with Crippen molar-refractivity contribution in [3.8, 4) is 0 Å². The summed E-state index contributed by atoms with van der Waals surface area (Å²) in [7, 11) is -3.88. The smallest absolute Gasteiger partial charge is 0.264 e. The zero-order valence-electron chi connectivity index (χ0n) is 20.6. The van der Waals surface area contributed by atoms with Crippen LogP contribution in [0.25, 0.3) is 10.9 Å². The lowest BCUT2D eigenvalue weighted by Crippen LogP contribution is -2.50. The summed E-state index contributed by atoms with van der Waals surface area (Å²) in [4.78, 5) is 33.4. The molecule has 38 heavy (non-hydrogen) atoms. The molecule has 0 atom stereocenters. The fourth-order valence-corrected chi connectivity index (χ4v) is 5.64. The van der Waals surface area contributed by atoms with Gasteiger partial charge in [0.25, 0.3) is 15.9 Å². The van der Waals surface area contributed by atoms with E-state index in [0.717, 1.165) is 11.1 Å². The van der Waals surface area contributed by atoms with E-state index in [4.69, 9.17) is 0 Å². The van der Waals surface area contributed by atoms with Crippen molar-refractivity contribution < 1.29 is 18.0 Å². The number of nitrogens with one attached hydrogen (secondary N) is 2. The molecular formula is C28H27N5O4S. The van der Waals surface area contributed by atoms with Crippen molar-refractivity contribution in [2.24, 2.45) is 0 Å². The first kappa shape index (κ1) is 25.4. The van der Waals surface area contributed by atoms with Gasteiger partial charge in [-0.25, -0.2) is 8.42 Å². The number of benzene rings is 3. The Morgan fingerprint density at radius 3 is 2.24 bits per heavy atom. The van der Waals surface area contributed by atoms with Crippen LogP contribution in [-0.2, 0) is 14.8 Å². The summed E-state index contributed by atoms with van der Waals surface area (Å²) >= 11 is 0. The molecule has 10 heteroatoms. The lowest BCUT2D eigenvalue weighted by Gasteiger charge is -2.34. The molecule has 2 amide bonds. The van der Waals surface area contributed by atoms with Gasteiger partial charge >= 0.3 is 0 Å². The number of aromatic nitrogens is 1. The summed E-state index contributed by atoms with van der Waals surface area (Å²) < 4.78 is 28.6. The van der Waals surface area contributed by atoms with Crippen LogP contribution < -0.4 is 10.0 Å². The average molecular weight is 530 g/mol. The number of nitrogens with zero attached hydrogens (tertiary/aromatic N) is 3. The third kappa shape index (κ3) is 5.82. The molecule has 3 aromatic carbocycles. The lowest BCUT2D eigenvalue weighted by atomic mass is 10.1. The number of hydrogen-bond donors (Lipinski definition) is 2. The van der Waals surface area contributed by atoms with E-state index in [1.807, 2.05) is 35.2 Å². The van der Waals surface area contributed by atoms with Gasteiger partial charge in [-0.1, -0.05) is 36.4 Å². The minimum absolute atomic E-state index is 0.0890. The zero-order chi connectivity index (χ0) is 26.5. The Kier molecular flexibility index (Phi) is 7.34. The van der Waals surface area contributed by atoms with Crippen LogP contribution in [0.2, 0.25) is 0 Å². The summed E-state index contributed by atoms with van der Waals surface area (Å²) in [5, 5.41) is 3.61. The maximum absolute atomic E-state index is 13.0. The number of pyridine rings is 1. The highest BCUT2D eigenvalue weighted by atomic mass is 32.2. The van der Waals surface area contributed by atoms with Crippen molar-refractivity contribution in [2.45, 2.75) is 4.90 Å². The van der Waals surface area contributed by atoms with Crippen LogP contribution in [0.4, 0.5) is 11.4 Å². The average Bonchev–Trinajstić information content (AvgIpc) is 2.93. The topological polar surface area (TPSA) is 112 Å². The minimum atomic E-state index is -3.88. The molecule has 5 rings (SSSR count). The van der Waals surface area contributed by atoms with Crippen LogP contribution in [-0.4, -0.2) is 67.7 Å². The van der Waals surface area contributed by atoms with E-state index in [0.29, 0.717) is 42.9 Å². The molecule has 2 N–H and O–H groups in total. The number of anilines is 2. The number of para-hydroxylation sites is 2. The fraction of sp³-hybridized carbons (Fsp3) is 0.179. The number of carbonyl (C=O) groups excluding carboxylic acids is 2. The van der Waals surface area contributed by atoms with Crippen molar-refractivity contribution in [1.29, 1.82) is 0 Å². The predicted octanol–water partition coefficient (Wildman–Crippen LogP) is 3.43. The molecule has 4 aromatic rings. The molecule has 1 saturated heterocycles. The summed E-state index contributed by atoms with van der Waals surface area (Å²) in [6.45, 7) is 2.44. The Hall–Kier alpha value is -4.28. The van der Waals surface area contributed by atoms with E-state index >= 15 is 0 Å². The van der Waals surface area contributed by atoms with Crippen LogP contribution in [0, 0.1) is 0 Å². The maximum atomic E-state index is 13.0. The molecule has 0 saturated carbocycles. The molecule has 0 spiro atoms. The summed E-state index contributed by atoms with van der Waals surface area (Å²) in [5.41, 5.74) is 1.97. The SMILES string of the molecule is O=C(CN1CCN(C(=O)c2ccc(NS(=O)(=O)c3cccc4cccnc34)cc2)CC1)Nc1ccccc1. The van der Waals surface area contributed by atoms with Crippen molar-refractivity contribution in [3.63, 3.8) is 0 Å². The number of hydrogen-bond acceptors (Lipinski definition) is 6. The van der Waals surface area contributed by atoms with E-state index in [2.05, 4.69) is 15.0 Å². The van der Waals surface area contributed by atoms with Gasteiger partial charge in [0, 0.05) is 54.7 Å². The van der Waals surface area contributed by atoms with Gasteiger partial charge in [0.1, 0.15) is 4.90 Å². The van der Waals surface area contributed by atoms with Gasteiger partial charge in [-0.2, -0.15) is 0 Å². The first-order chi connectivity index (χ1) is 18.4. The van der Waals surface area contributed by atoms with Gasteiger partial charge in [-0.05, 0) is 48.5 Å². The van der Waals surface area contributed by atoms with Crippen molar-refractivity contribution in [1.82, 2.24) is 14.8 Å². The molecule has 0 unspecified atom stereocenters. The molecule has 1 aliphatic heterocycles. The van der Waals surface area contributed by atoms with E-state index in [1.54, 1.807) is 59.6 Å². The monoisotopic (exact) mass is 529 g/mol. The first-order valence-electron chi connectivity index (χ1n) is 12.2. The third-order valence-electron chi connectivity index (χ3n) is 6.35. The molecule has 1 aromatic heterocycles. The predicted molar refractivity (Wildman–Crippen MR) is 146 cm³/mol. The molecule has 2 heterocycles. The minimum Gasteiger partial charge on any atom is -0.336 e. The maximum Gasteiger partial charge on any atom is 0.264 e. The van der Waals surface area contributed by atoms with E-state index < -0.39 is 10.0 Å². The van der Waals surface area contributed by atoms with Crippen LogP contribution in [0.15, 0.2) is 96.0 Å². The Bertz CT molecular complexity index is 1550. The quantitative estimate of drug-likeness (QED) is 0.379. The normalized spacial score (nSPS) is 14.3. The highest BCUT2D eigenvalue weighted by molar-refractivity contribution is 7.93. The number of carbonyl (C=O) groups is 2. The van der Waals surface area contributed by atoms with Crippen LogP contribution in [0.3, 0.4) is 0 Å². The zero-order valence-corrected chi connectivity index (χ0v) is 21.4. The van der Waals surface area contributed by atoms with Gasteiger partial charge in [0.2, 0.25) is 5.91 Å². The summed E-state index contributed by atoms with van der Waals surface area (Å²) in [5.74, 6) is -0.223. The molecule has 9 nitrogen and oxygen atoms in total. The highest BCUT2D eigenvalue weighted by Gasteiger charge is 2.24. The van der Waals surface area contributed by atoms with Crippen LogP contribution in [0.1, 0.15) is 10.4 Å². The Morgan fingerprint density at radius 1 is 0.789 bits per heavy atom. The largest absolute Gasteiger partial charge is 0.336 e. The number of fused-ring (bicyclic) bond motifs is 1. The van der Waals surface area contributed by atoms with E-state index in [9.17, 15) is 18.0 Å². The molecule has 0 aliphatic carbocycles. The second-order valence-corrected chi connectivity index (χ2v) is 10.6. The number of amides is 2. The van der Waals surface area contributed by atoms with Crippen molar-refractivity contribution >= 4 is 44.1 Å². The van der Waals surface area contributed by atoms with Crippen molar-refractivity contribution in [3.05, 3.63) is 96.7 Å².